The fourth-order valence-electron chi connectivity index (χ4n) is 9.12. The summed E-state index contributed by atoms with van der Waals surface area (Å²) in [5, 5.41) is 14.9. The van der Waals surface area contributed by atoms with E-state index in [4.69, 9.17) is 31.0 Å². The van der Waals surface area contributed by atoms with E-state index in [1.54, 1.807) is 24.4 Å². The van der Waals surface area contributed by atoms with Crippen molar-refractivity contribution >= 4 is 65.2 Å². The molecule has 2 aliphatic heterocycles. The van der Waals surface area contributed by atoms with Crippen molar-refractivity contribution in [2.75, 3.05) is 39.3 Å². The second-order valence-electron chi connectivity index (χ2n) is 16.7. The molecule has 67 heavy (non-hydrogen) atoms. The SMILES string of the molecule is C[C@@H]1CN(C(c2ccccc2)c2ccccc2)CCN1.C[C@@H]1CN(C(c2ccccc2)c2ccccc2)CCN1C(=O)c1cc2cc[nH]c2cc1Cl.O=C(O)c1cc2cc[nH]c2cc1Cl.[3H][B][3H].[U]. The van der Waals surface area contributed by atoms with Crippen LogP contribution in [-0.4, -0.2) is 104 Å². The van der Waals surface area contributed by atoms with E-state index in [9.17, 15) is 9.59 Å². The van der Waals surface area contributed by atoms with Crippen LogP contribution in [0.1, 0.15) is 68.9 Å². The van der Waals surface area contributed by atoms with Gasteiger partial charge in [-0.05, 0) is 75.2 Å². The second-order valence-corrected chi connectivity index (χ2v) is 17.6. The third-order valence-corrected chi connectivity index (χ3v) is 12.9. The van der Waals surface area contributed by atoms with Gasteiger partial charge < -0.3 is 25.3 Å². The molecule has 341 valence electrons. The summed E-state index contributed by atoms with van der Waals surface area (Å²) in [6.07, 6.45) is 3.61. The number of carboxylic acid groups (broad SMARTS) is 1. The molecule has 2 fully saturated rings. The zero-order valence-electron chi connectivity index (χ0n) is 39.7. The van der Waals surface area contributed by atoms with E-state index in [1.807, 2.05) is 29.3 Å². The number of hydrogen-bond donors (Lipinski definition) is 4. The Bertz CT molecular complexity index is 2770. The summed E-state index contributed by atoms with van der Waals surface area (Å²) < 4.78 is 11.5. The zero-order chi connectivity index (χ0) is 48.0. The van der Waals surface area contributed by atoms with Crippen molar-refractivity contribution in [3.63, 3.8) is 0 Å². The van der Waals surface area contributed by atoms with Gasteiger partial charge in [-0.25, -0.2) is 4.79 Å². The predicted octanol–water partition coefficient (Wildman–Crippen LogP) is 10.4. The number of carbonyl (C=O) groups excluding carboxylic acids is 1. The number of nitrogens with zero attached hydrogens (tertiary/aromatic N) is 3. The van der Waals surface area contributed by atoms with Gasteiger partial charge in [0.15, 0.2) is 0 Å². The first kappa shape index (κ1) is 48.4. The Morgan fingerprint density at radius 3 is 1.46 bits per heavy atom. The van der Waals surface area contributed by atoms with Crippen LogP contribution in [0.4, 0.5) is 0 Å². The van der Waals surface area contributed by atoms with Gasteiger partial charge in [0.05, 0.1) is 41.6 Å². The van der Waals surface area contributed by atoms with Crippen molar-refractivity contribution in [1.82, 2.24) is 30.0 Å². The molecular weight excluding hydrogens is 1100 g/mol. The van der Waals surface area contributed by atoms with Crippen LogP contribution < -0.4 is 5.32 Å². The van der Waals surface area contributed by atoms with Gasteiger partial charge in [-0.2, -0.15) is 0 Å². The first-order valence-electron chi connectivity index (χ1n) is 23.3. The third kappa shape index (κ3) is 12.5. The van der Waals surface area contributed by atoms with Gasteiger partial charge in [-0.1, -0.05) is 145 Å². The minimum Gasteiger partial charge on any atom is -0.478 e. The molecule has 4 heterocycles. The molecule has 2 aliphatic rings. The van der Waals surface area contributed by atoms with E-state index >= 15 is 0 Å². The summed E-state index contributed by atoms with van der Waals surface area (Å²) in [4.78, 5) is 37.2. The minimum atomic E-state index is -1.01. The average molecular weight is 1160 g/mol. The third-order valence-electron chi connectivity index (χ3n) is 12.3. The number of rotatable bonds is 8. The smallest absolute Gasteiger partial charge is 0.337 e. The fourth-order valence-corrected chi connectivity index (χ4v) is 9.61. The molecule has 1 amide bonds. The van der Waals surface area contributed by atoms with Crippen molar-refractivity contribution in [1.29, 1.82) is 2.67 Å². The molecule has 13 heteroatoms. The van der Waals surface area contributed by atoms with Crippen molar-refractivity contribution < 1.29 is 45.8 Å². The second kappa shape index (κ2) is 24.3. The number of carboxylic acids is 1. The fraction of sp³-hybridized carbons (Fsp3) is 0.222. The number of halogens is 2. The normalized spacial score (nSPS) is 16.5. The van der Waals surface area contributed by atoms with Crippen LogP contribution in [0.25, 0.3) is 21.8 Å². The molecule has 2 saturated heterocycles. The molecule has 2 atom stereocenters. The Labute approximate surface area is 431 Å². The van der Waals surface area contributed by atoms with E-state index in [0.717, 1.165) is 54.5 Å². The molecule has 2 aromatic heterocycles. The number of hydrogen-bond acceptors (Lipinski definition) is 5. The number of nitrogens with one attached hydrogen (secondary N) is 3. The Kier molecular flexibility index (Phi) is 17.5. The molecule has 10 rings (SSSR count). The molecule has 0 spiro atoms. The van der Waals surface area contributed by atoms with Crippen LogP contribution >= 0.6 is 23.2 Å². The summed E-state index contributed by atoms with van der Waals surface area (Å²) in [5.74, 6) is -1.01. The number of H-pyrrole nitrogens is 2. The number of benzene rings is 6. The van der Waals surface area contributed by atoms with Gasteiger partial charge in [-0.15, -0.1) is 0 Å². The molecule has 6 aromatic carbocycles. The van der Waals surface area contributed by atoms with Gasteiger partial charge in [0.1, 0.15) is 0 Å². The molecule has 0 bridgehead atoms. The summed E-state index contributed by atoms with van der Waals surface area (Å²) in [7, 11) is 0.500. The average Bonchev–Trinajstić information content (AvgIpc) is 4.02. The van der Waals surface area contributed by atoms with Crippen LogP contribution in [0.5, 0.6) is 0 Å². The quantitative estimate of drug-likeness (QED) is 0.113. The molecule has 0 unspecified atom stereocenters. The molecule has 9 nitrogen and oxygen atoms in total. The monoisotopic (exact) mass is 1160 g/mol. The Morgan fingerprint density at radius 2 is 1.04 bits per heavy atom. The van der Waals surface area contributed by atoms with Crippen LogP contribution in [0, 0.1) is 31.1 Å². The van der Waals surface area contributed by atoms with Crippen molar-refractivity contribution in [2.45, 2.75) is 38.0 Å². The Balaban J connectivity index is 0.000000180. The summed E-state index contributed by atoms with van der Waals surface area (Å²) in [6, 6.07) is 54.7. The topological polar surface area (TPSA) is 108 Å². The first-order valence-corrected chi connectivity index (χ1v) is 22.9. The van der Waals surface area contributed by atoms with Crippen molar-refractivity contribution in [3.8, 4) is 0 Å². The molecule has 0 aliphatic carbocycles. The maximum Gasteiger partial charge on any atom is 0.337 e. The summed E-state index contributed by atoms with van der Waals surface area (Å²) in [6.45, 7) is 9.90. The van der Waals surface area contributed by atoms with Crippen LogP contribution in [0.2, 0.25) is 10.0 Å². The van der Waals surface area contributed by atoms with Crippen LogP contribution in [0.3, 0.4) is 0 Å². The molecular formula is C54H56BCl2N6O3U. The number of aromatic nitrogens is 2. The Morgan fingerprint density at radius 1 is 0.627 bits per heavy atom. The van der Waals surface area contributed by atoms with Gasteiger partial charge >= 0.3 is 5.97 Å². The summed E-state index contributed by atoms with van der Waals surface area (Å²) >= 11 is 12.2. The number of piperazine rings is 2. The van der Waals surface area contributed by atoms with E-state index < -0.39 is 5.97 Å². The first-order chi connectivity index (χ1) is 33.1. The maximum absolute atomic E-state index is 13.4. The van der Waals surface area contributed by atoms with Crippen molar-refractivity contribution in [3.05, 3.63) is 214 Å². The predicted molar refractivity (Wildman–Crippen MR) is 273 cm³/mol. The molecule has 0 saturated carbocycles. The van der Waals surface area contributed by atoms with Gasteiger partial charge in [0, 0.05) is 117 Å². The van der Waals surface area contributed by atoms with E-state index in [0.29, 0.717) is 37.6 Å². The van der Waals surface area contributed by atoms with E-state index in [-0.39, 0.29) is 59.7 Å². The largest absolute Gasteiger partial charge is 0.478 e. The number of fused-ring (bicyclic) bond motifs is 2. The number of amides is 1. The van der Waals surface area contributed by atoms with Crippen LogP contribution in [0.15, 0.2) is 170 Å². The van der Waals surface area contributed by atoms with E-state index in [1.165, 1.54) is 22.3 Å². The molecule has 8 aromatic rings. The standard InChI is InChI=1S/C27H26ClN3O.C18H22N2.C9H6ClNO2.BH2.U/c1-19-18-30(26(20-8-4-2-5-9-20)21-10-6-3-7-11-21)14-15-31(19)27(32)23-16-22-12-13-29-25(22)17-24(23)28;1-15-14-20(13-12-19-15)18(16-8-4-2-5-9-16)17-10-6-3-7-11-17;10-7-4-8-5(1-2-11-8)3-6(7)9(12)13;;/h2-13,16-17,19,26,29H,14-15,18H2,1H3;2-11,15,18-19H,12-14H2,1H3;1-4,11H,(H,12,13);1H2;/t19-;15-;;;/m11.../s1/i;;;1T2;. The number of carbonyl (C=O) groups is 2. The number of aromatic carboxylic acids is 1. The zero-order valence-corrected chi connectivity index (χ0v) is 43.3. The van der Waals surface area contributed by atoms with Gasteiger partial charge in [-0.3, -0.25) is 14.6 Å². The van der Waals surface area contributed by atoms with Crippen LogP contribution in [-0.2, 0) is 0 Å². The van der Waals surface area contributed by atoms with Crippen molar-refractivity contribution in [2.24, 2.45) is 0 Å². The molecule has 1 radical (unpaired) electrons. The number of aromatic amines is 2. The maximum atomic E-state index is 13.4. The Hall–Kier alpha value is -5.08. The minimum absolute atomic E-state index is 0. The van der Waals surface area contributed by atoms with E-state index in [2.05, 4.69) is 160 Å². The molecule has 4 N–H and O–H groups in total. The van der Waals surface area contributed by atoms with Gasteiger partial charge in [0.25, 0.3) is 5.91 Å². The van der Waals surface area contributed by atoms with Gasteiger partial charge in [0.2, 0.25) is 0 Å². The summed E-state index contributed by atoms with van der Waals surface area (Å²) in [5.41, 5.74) is 7.79.